The second kappa shape index (κ2) is 10.7. The van der Waals surface area contributed by atoms with Gasteiger partial charge in [0.2, 0.25) is 11.0 Å². The van der Waals surface area contributed by atoms with E-state index in [0.717, 1.165) is 21.8 Å². The fourth-order valence-corrected chi connectivity index (χ4v) is 4.17. The molecule has 2 heterocycles. The maximum absolute atomic E-state index is 12.8. The van der Waals surface area contributed by atoms with Crippen molar-refractivity contribution in [2.24, 2.45) is 5.92 Å². The molecule has 1 aromatic carbocycles. The van der Waals surface area contributed by atoms with Crippen molar-refractivity contribution in [2.75, 3.05) is 4.90 Å². The van der Waals surface area contributed by atoms with Crippen molar-refractivity contribution in [2.45, 2.75) is 71.8 Å². The highest BCUT2D eigenvalue weighted by Gasteiger charge is 2.45. The monoisotopic (exact) mass is 517 g/mol. The molecule has 11 heteroatoms. The highest BCUT2D eigenvalue weighted by Crippen LogP contribution is 2.30. The van der Waals surface area contributed by atoms with Gasteiger partial charge < -0.3 is 19.5 Å². The van der Waals surface area contributed by atoms with Gasteiger partial charge in [-0.1, -0.05) is 30.3 Å². The zero-order valence-electron chi connectivity index (χ0n) is 21.2. The van der Waals surface area contributed by atoms with Gasteiger partial charge in [0.15, 0.2) is 0 Å². The van der Waals surface area contributed by atoms with Crippen molar-refractivity contribution in [3.8, 4) is 0 Å². The van der Waals surface area contributed by atoms with Crippen molar-refractivity contribution in [1.29, 1.82) is 0 Å². The number of β-lactam (4-membered cyclic amide) rings is 1. The van der Waals surface area contributed by atoms with Gasteiger partial charge in [-0.2, -0.15) is 4.90 Å². The summed E-state index contributed by atoms with van der Waals surface area (Å²) in [4.78, 5) is 55.9. The van der Waals surface area contributed by atoms with E-state index in [2.05, 4.69) is 10.3 Å². The zero-order chi connectivity index (χ0) is 26.7. The minimum Gasteiger partial charge on any atom is -0.459 e. The summed E-state index contributed by atoms with van der Waals surface area (Å²) in [5, 5.41) is 2.62. The minimum absolute atomic E-state index is 0.0384. The number of carbonyl (C=O) groups is 4. The average molecular weight is 518 g/mol. The molecule has 0 radical (unpaired) electrons. The molecule has 3 amide bonds. The largest absolute Gasteiger partial charge is 0.459 e. The molecule has 1 saturated heterocycles. The van der Waals surface area contributed by atoms with Crippen LogP contribution in [0.5, 0.6) is 0 Å². The van der Waals surface area contributed by atoms with Crippen LogP contribution >= 0.6 is 11.3 Å². The number of rotatable bonds is 6. The highest BCUT2D eigenvalue weighted by molar-refractivity contribution is 7.16. The molecule has 0 bridgehead atoms. The van der Waals surface area contributed by atoms with E-state index in [9.17, 15) is 19.2 Å². The van der Waals surface area contributed by atoms with Gasteiger partial charge in [-0.3, -0.25) is 4.79 Å². The third-order valence-electron chi connectivity index (χ3n) is 4.82. The van der Waals surface area contributed by atoms with E-state index in [1.165, 1.54) is 6.20 Å². The Morgan fingerprint density at radius 3 is 2.11 bits per heavy atom. The molecule has 0 unspecified atom stereocenters. The standard InChI is InChI=1S/C25H31N3O7S/c1-24(2,3)34-22(31)28(23(32)35-25(4,5)6)21-26-13-16(36-21)12-17-18(27-19(17)29)20(30)33-14-15-10-8-7-9-11-15/h7-11,13,17-18H,12,14H2,1-6H3,(H,27,29)/t17-,18+/m1/s1. The van der Waals surface area contributed by atoms with Gasteiger partial charge in [0, 0.05) is 11.1 Å². The van der Waals surface area contributed by atoms with Crippen LogP contribution in [0.4, 0.5) is 14.7 Å². The lowest BCUT2D eigenvalue weighted by molar-refractivity contribution is -0.158. The second-order valence-corrected chi connectivity index (χ2v) is 11.4. The van der Waals surface area contributed by atoms with Crippen LogP contribution in [0.2, 0.25) is 0 Å². The topological polar surface area (TPSA) is 124 Å². The predicted octanol–water partition coefficient (Wildman–Crippen LogP) is 4.22. The maximum atomic E-state index is 12.8. The van der Waals surface area contributed by atoms with E-state index >= 15 is 0 Å². The smallest absolute Gasteiger partial charge is 0.426 e. The number of nitrogens with zero attached hydrogens (tertiary/aromatic N) is 2. The maximum Gasteiger partial charge on any atom is 0.426 e. The van der Waals surface area contributed by atoms with Gasteiger partial charge in [0.05, 0.1) is 5.92 Å². The number of carbonyl (C=O) groups excluding carboxylic acids is 4. The Bertz CT molecular complexity index is 1090. The van der Waals surface area contributed by atoms with E-state index in [4.69, 9.17) is 14.2 Å². The molecule has 2 atom stereocenters. The van der Waals surface area contributed by atoms with Gasteiger partial charge in [0.25, 0.3) is 0 Å². The Morgan fingerprint density at radius 2 is 1.58 bits per heavy atom. The molecule has 0 spiro atoms. The summed E-state index contributed by atoms with van der Waals surface area (Å²) >= 11 is 1.03. The molecular weight excluding hydrogens is 486 g/mol. The van der Waals surface area contributed by atoms with Gasteiger partial charge in [-0.05, 0) is 53.5 Å². The van der Waals surface area contributed by atoms with Crippen molar-refractivity contribution in [3.63, 3.8) is 0 Å². The van der Waals surface area contributed by atoms with Crippen LogP contribution < -0.4 is 10.2 Å². The number of hydrogen-bond acceptors (Lipinski definition) is 9. The Morgan fingerprint density at radius 1 is 1.00 bits per heavy atom. The van der Waals surface area contributed by atoms with E-state index in [0.29, 0.717) is 4.88 Å². The van der Waals surface area contributed by atoms with Gasteiger partial charge >= 0.3 is 18.2 Å². The van der Waals surface area contributed by atoms with Crippen LogP contribution in [-0.2, 0) is 36.8 Å². The molecule has 194 valence electrons. The molecule has 36 heavy (non-hydrogen) atoms. The fourth-order valence-electron chi connectivity index (χ4n) is 3.23. The quantitative estimate of drug-likeness (QED) is 0.343. The first-order chi connectivity index (χ1) is 16.7. The third-order valence-corrected chi connectivity index (χ3v) is 5.83. The van der Waals surface area contributed by atoms with Crippen LogP contribution in [0.15, 0.2) is 36.5 Å². The Kier molecular flexibility index (Phi) is 8.02. The van der Waals surface area contributed by atoms with Crippen molar-refractivity contribution in [3.05, 3.63) is 47.0 Å². The molecule has 3 rings (SSSR count). The van der Waals surface area contributed by atoms with Crippen LogP contribution in [0.1, 0.15) is 52.0 Å². The lowest BCUT2D eigenvalue weighted by Gasteiger charge is -2.34. The third kappa shape index (κ3) is 7.27. The Hall–Kier alpha value is -3.47. The second-order valence-electron chi connectivity index (χ2n) is 10.3. The lowest BCUT2D eigenvalue weighted by Crippen LogP contribution is -2.62. The number of hydrogen-bond donors (Lipinski definition) is 1. The number of thiazole rings is 1. The number of imide groups is 1. The van der Waals surface area contributed by atoms with E-state index in [-0.39, 0.29) is 24.1 Å². The first-order valence-electron chi connectivity index (χ1n) is 11.5. The number of aromatic nitrogens is 1. The molecular formula is C25H31N3O7S. The summed E-state index contributed by atoms with van der Waals surface area (Å²) in [6, 6.07) is 8.43. The minimum atomic E-state index is -0.929. The Labute approximate surface area is 213 Å². The summed E-state index contributed by atoms with van der Waals surface area (Å²) in [6.07, 6.45) is -0.215. The summed E-state index contributed by atoms with van der Waals surface area (Å²) in [5.41, 5.74) is -0.867. The summed E-state index contributed by atoms with van der Waals surface area (Å²) in [5.74, 6) is -1.47. The summed E-state index contributed by atoms with van der Waals surface area (Å²) in [6.45, 7) is 10.2. The fraction of sp³-hybridized carbons (Fsp3) is 0.480. The van der Waals surface area contributed by atoms with E-state index in [1.54, 1.807) is 41.5 Å². The molecule has 2 aromatic rings. The van der Waals surface area contributed by atoms with Gasteiger partial charge in [0.1, 0.15) is 23.9 Å². The van der Waals surface area contributed by atoms with Crippen molar-refractivity contribution >= 4 is 40.5 Å². The zero-order valence-corrected chi connectivity index (χ0v) is 22.0. The summed E-state index contributed by atoms with van der Waals surface area (Å²) in [7, 11) is 0. The molecule has 1 N–H and O–H groups in total. The number of amides is 3. The SMILES string of the molecule is CC(C)(C)OC(=O)N(C(=O)OC(C)(C)C)c1ncc(C[C@H]2C(=O)N[C@@H]2C(=O)OCc2ccccc2)s1. The summed E-state index contributed by atoms with van der Waals surface area (Å²) < 4.78 is 16.1. The molecule has 1 aliphatic rings. The van der Waals surface area contributed by atoms with Crippen LogP contribution in [-0.4, -0.2) is 46.3 Å². The normalized spacial score (nSPS) is 17.4. The van der Waals surface area contributed by atoms with Gasteiger partial charge in [-0.25, -0.2) is 19.4 Å². The first-order valence-corrected chi connectivity index (χ1v) is 12.3. The van der Waals surface area contributed by atoms with Crippen LogP contribution in [0, 0.1) is 5.92 Å². The predicted molar refractivity (Wildman–Crippen MR) is 132 cm³/mol. The number of anilines is 1. The highest BCUT2D eigenvalue weighted by atomic mass is 32.1. The van der Waals surface area contributed by atoms with Crippen LogP contribution in [0.25, 0.3) is 0 Å². The Balaban J connectivity index is 1.71. The van der Waals surface area contributed by atoms with Crippen molar-refractivity contribution < 1.29 is 33.4 Å². The molecule has 1 fully saturated rings. The number of ether oxygens (including phenoxy) is 3. The van der Waals surface area contributed by atoms with E-state index < -0.39 is 41.3 Å². The average Bonchev–Trinajstić information content (AvgIpc) is 3.20. The van der Waals surface area contributed by atoms with E-state index in [1.807, 2.05) is 30.3 Å². The molecule has 1 aromatic heterocycles. The van der Waals surface area contributed by atoms with Crippen molar-refractivity contribution in [1.82, 2.24) is 10.3 Å². The molecule has 0 aliphatic carbocycles. The molecule has 0 saturated carbocycles. The molecule has 10 nitrogen and oxygen atoms in total. The van der Waals surface area contributed by atoms with Crippen LogP contribution in [0.3, 0.4) is 0 Å². The number of esters is 1. The number of benzene rings is 1. The lowest BCUT2D eigenvalue weighted by atomic mass is 9.87. The number of nitrogens with one attached hydrogen (secondary N) is 1. The van der Waals surface area contributed by atoms with Gasteiger partial charge in [-0.15, -0.1) is 11.3 Å². The first kappa shape index (κ1) is 27.1. The molecule has 1 aliphatic heterocycles.